The standard InChI is InChI=1S/C16H8Cl5O4P/c17-11-3-1-2-10(14(11)18)12(15(22)23)13(16(19,20)21)8-4-6-9(7-5-8)25-26-24/h1-7H,(H,22,23). The van der Waals surface area contributed by atoms with Crippen molar-refractivity contribution < 1.29 is 19.0 Å². The molecule has 0 aromatic heterocycles. The van der Waals surface area contributed by atoms with Crippen molar-refractivity contribution in [2.45, 2.75) is 3.79 Å². The summed E-state index contributed by atoms with van der Waals surface area (Å²) >= 11 is 30.4. The van der Waals surface area contributed by atoms with Crippen LogP contribution in [-0.2, 0) is 9.36 Å². The Balaban J connectivity index is 2.80. The summed E-state index contributed by atoms with van der Waals surface area (Å²) in [5.74, 6) is -1.07. The number of rotatable bonds is 5. The SMILES string of the molecule is O=POc1ccc(C(=C(C(=O)O)c2cccc(Cl)c2Cl)C(Cl)(Cl)Cl)cc1. The van der Waals surface area contributed by atoms with Crippen molar-refractivity contribution in [1.82, 2.24) is 0 Å². The number of halogens is 5. The summed E-state index contributed by atoms with van der Waals surface area (Å²) in [6.45, 7) is 0. The first-order valence-corrected chi connectivity index (χ1v) is 9.38. The fourth-order valence-electron chi connectivity index (χ4n) is 2.23. The van der Waals surface area contributed by atoms with Crippen molar-refractivity contribution in [3.05, 3.63) is 63.6 Å². The molecule has 0 saturated carbocycles. The maximum Gasteiger partial charge on any atom is 0.395 e. The maximum atomic E-state index is 12.0. The van der Waals surface area contributed by atoms with Gasteiger partial charge in [-0.25, -0.2) is 9.36 Å². The average molecular weight is 472 g/mol. The van der Waals surface area contributed by atoms with Crippen LogP contribution in [0.25, 0.3) is 11.1 Å². The van der Waals surface area contributed by atoms with E-state index in [4.69, 9.17) is 62.5 Å². The molecule has 0 aliphatic rings. The van der Waals surface area contributed by atoms with Gasteiger partial charge in [0, 0.05) is 11.1 Å². The van der Waals surface area contributed by atoms with Gasteiger partial charge >= 0.3 is 14.7 Å². The summed E-state index contributed by atoms with van der Waals surface area (Å²) in [4.78, 5) is 12.0. The van der Waals surface area contributed by atoms with E-state index in [0.717, 1.165) is 0 Å². The molecule has 2 aromatic carbocycles. The lowest BCUT2D eigenvalue weighted by Crippen LogP contribution is -2.14. The van der Waals surface area contributed by atoms with Gasteiger partial charge in [0.2, 0.25) is 3.79 Å². The molecule has 0 unspecified atom stereocenters. The van der Waals surface area contributed by atoms with E-state index >= 15 is 0 Å². The van der Waals surface area contributed by atoms with Crippen LogP contribution in [-0.4, -0.2) is 14.9 Å². The zero-order chi connectivity index (χ0) is 19.5. The molecule has 0 aliphatic heterocycles. The minimum absolute atomic E-state index is 0.0171. The van der Waals surface area contributed by atoms with Crippen molar-refractivity contribution in [2.24, 2.45) is 0 Å². The molecule has 0 spiro atoms. The molecule has 0 amide bonds. The number of carboxylic acids is 1. The molecule has 0 atom stereocenters. The fourth-order valence-corrected chi connectivity index (χ4v) is 3.44. The van der Waals surface area contributed by atoms with Crippen molar-refractivity contribution in [2.75, 3.05) is 0 Å². The third kappa shape index (κ3) is 4.83. The lowest BCUT2D eigenvalue weighted by Gasteiger charge is -2.21. The summed E-state index contributed by atoms with van der Waals surface area (Å²) < 4.78 is 13.2. The summed E-state index contributed by atoms with van der Waals surface area (Å²) in [5.41, 5.74) is -0.0155. The van der Waals surface area contributed by atoms with Crippen LogP contribution in [0.5, 0.6) is 5.75 Å². The Morgan fingerprint density at radius 1 is 1.04 bits per heavy atom. The van der Waals surface area contributed by atoms with Gasteiger partial charge in [0.1, 0.15) is 5.75 Å². The minimum atomic E-state index is -2.08. The van der Waals surface area contributed by atoms with Gasteiger partial charge in [-0.15, -0.1) is 0 Å². The van der Waals surface area contributed by atoms with E-state index in [1.54, 1.807) is 0 Å². The Bertz CT molecular complexity index is 875. The van der Waals surface area contributed by atoms with Gasteiger partial charge in [0.15, 0.2) is 0 Å². The van der Waals surface area contributed by atoms with E-state index in [0.29, 0.717) is 5.56 Å². The minimum Gasteiger partial charge on any atom is -0.478 e. The first kappa shape index (κ1) is 21.3. The van der Waals surface area contributed by atoms with Gasteiger partial charge in [-0.3, -0.25) is 0 Å². The van der Waals surface area contributed by atoms with E-state index in [-0.39, 0.29) is 32.5 Å². The van der Waals surface area contributed by atoms with E-state index < -0.39 is 18.4 Å². The van der Waals surface area contributed by atoms with Crippen LogP contribution in [0.1, 0.15) is 11.1 Å². The Hall–Kier alpha value is -1.000. The van der Waals surface area contributed by atoms with Crippen molar-refractivity contribution >= 4 is 83.8 Å². The van der Waals surface area contributed by atoms with Gasteiger partial charge in [-0.2, -0.15) is 0 Å². The number of carboxylic acid groups (broad SMARTS) is 1. The van der Waals surface area contributed by atoms with Crippen molar-refractivity contribution in [3.8, 4) is 5.75 Å². The van der Waals surface area contributed by atoms with Crippen LogP contribution >= 0.6 is 66.7 Å². The van der Waals surface area contributed by atoms with Crippen molar-refractivity contribution in [1.29, 1.82) is 0 Å². The molecular formula is C16H8Cl5O4P. The monoisotopic (exact) mass is 470 g/mol. The second-order valence-corrected chi connectivity index (χ2v) is 8.24. The Morgan fingerprint density at radius 2 is 1.65 bits per heavy atom. The number of alkyl halides is 3. The molecule has 10 heteroatoms. The number of carbonyl (C=O) groups is 1. The third-order valence-electron chi connectivity index (χ3n) is 3.25. The van der Waals surface area contributed by atoms with E-state index in [2.05, 4.69) is 0 Å². The van der Waals surface area contributed by atoms with Gasteiger partial charge < -0.3 is 9.63 Å². The first-order chi connectivity index (χ1) is 12.2. The highest BCUT2D eigenvalue weighted by Gasteiger charge is 2.34. The van der Waals surface area contributed by atoms with Crippen LogP contribution in [0, 0.1) is 0 Å². The van der Waals surface area contributed by atoms with Crippen molar-refractivity contribution in [3.63, 3.8) is 0 Å². The predicted octanol–water partition coefficient (Wildman–Crippen LogP) is 6.94. The highest BCUT2D eigenvalue weighted by Crippen LogP contribution is 2.47. The molecule has 26 heavy (non-hydrogen) atoms. The number of benzene rings is 2. The molecule has 136 valence electrons. The normalized spacial score (nSPS) is 12.7. The van der Waals surface area contributed by atoms with Crippen LogP contribution in [0.15, 0.2) is 42.5 Å². The van der Waals surface area contributed by atoms with E-state index in [1.807, 2.05) is 0 Å². The highest BCUT2D eigenvalue weighted by atomic mass is 35.6. The Morgan fingerprint density at radius 3 is 2.15 bits per heavy atom. The predicted molar refractivity (Wildman–Crippen MR) is 106 cm³/mol. The average Bonchev–Trinajstić information content (AvgIpc) is 2.55. The number of hydrogen-bond acceptors (Lipinski definition) is 3. The second kappa shape index (κ2) is 8.79. The summed E-state index contributed by atoms with van der Waals surface area (Å²) in [7, 11) is -0.533. The molecular weight excluding hydrogens is 464 g/mol. The summed E-state index contributed by atoms with van der Waals surface area (Å²) in [6, 6.07) is 10.4. The third-order valence-corrected chi connectivity index (χ3v) is 4.93. The quantitative estimate of drug-likeness (QED) is 0.222. The molecule has 0 fully saturated rings. The molecule has 2 aromatic rings. The number of hydrogen-bond donors (Lipinski definition) is 1. The summed E-state index contributed by atoms with van der Waals surface area (Å²) in [5, 5.41) is 9.95. The summed E-state index contributed by atoms with van der Waals surface area (Å²) in [6.07, 6.45) is 0. The van der Waals surface area contributed by atoms with Crippen LogP contribution < -0.4 is 4.52 Å². The van der Waals surface area contributed by atoms with Gasteiger partial charge in [-0.05, 0) is 23.8 Å². The van der Waals surface area contributed by atoms with Gasteiger partial charge in [0.05, 0.1) is 15.6 Å². The molecule has 0 saturated heterocycles. The number of allylic oxidation sites excluding steroid dienone is 1. The van der Waals surface area contributed by atoms with Gasteiger partial charge in [0.25, 0.3) is 0 Å². The lowest BCUT2D eigenvalue weighted by atomic mass is 9.95. The molecule has 2 rings (SSSR count). The first-order valence-electron chi connectivity index (χ1n) is 6.76. The molecule has 0 aliphatic carbocycles. The second-order valence-electron chi connectivity index (χ2n) is 4.84. The van der Waals surface area contributed by atoms with Crippen LogP contribution in [0.2, 0.25) is 10.0 Å². The largest absolute Gasteiger partial charge is 0.478 e. The maximum absolute atomic E-state index is 12.0. The topological polar surface area (TPSA) is 63.6 Å². The molecule has 0 heterocycles. The molecule has 1 N–H and O–H groups in total. The molecule has 0 radical (unpaired) electrons. The molecule has 0 bridgehead atoms. The smallest absolute Gasteiger partial charge is 0.395 e. The zero-order valence-electron chi connectivity index (χ0n) is 12.6. The van der Waals surface area contributed by atoms with Crippen LogP contribution in [0.3, 0.4) is 0 Å². The lowest BCUT2D eigenvalue weighted by molar-refractivity contribution is -0.130. The molecule has 4 nitrogen and oxygen atoms in total. The van der Waals surface area contributed by atoms with Gasteiger partial charge in [-0.1, -0.05) is 82.3 Å². The fraction of sp³-hybridized carbons (Fsp3) is 0.0625. The zero-order valence-corrected chi connectivity index (χ0v) is 17.2. The Labute approximate surface area is 175 Å². The van der Waals surface area contributed by atoms with E-state index in [9.17, 15) is 14.5 Å². The Kier molecular flexibility index (Phi) is 7.20. The van der Waals surface area contributed by atoms with Crippen LogP contribution in [0.4, 0.5) is 0 Å². The van der Waals surface area contributed by atoms with E-state index in [1.165, 1.54) is 42.5 Å². The highest BCUT2D eigenvalue weighted by molar-refractivity contribution is 7.17. The number of aliphatic carboxylic acids is 1.